The molecule has 0 aliphatic heterocycles. The van der Waals surface area contributed by atoms with E-state index in [-0.39, 0.29) is 12.2 Å². The summed E-state index contributed by atoms with van der Waals surface area (Å²) in [4.78, 5) is 10.8. The molecule has 0 heterocycles. The van der Waals surface area contributed by atoms with Crippen LogP contribution >= 0.6 is 0 Å². The van der Waals surface area contributed by atoms with Gasteiger partial charge in [-0.25, -0.2) is 4.79 Å². The van der Waals surface area contributed by atoms with Crippen molar-refractivity contribution in [1.82, 2.24) is 0 Å². The summed E-state index contributed by atoms with van der Waals surface area (Å²) in [6, 6.07) is 8.13. The summed E-state index contributed by atoms with van der Waals surface area (Å²) < 4.78 is 10.5. The lowest BCUT2D eigenvalue weighted by Crippen LogP contribution is -2.00. The summed E-state index contributed by atoms with van der Waals surface area (Å²) in [7, 11) is 0. The van der Waals surface area contributed by atoms with E-state index in [1.165, 1.54) is 6.08 Å². The molecular formula is C14H12N2O4. The highest BCUT2D eigenvalue weighted by atomic mass is 16.5. The van der Waals surface area contributed by atoms with Crippen LogP contribution in [0.4, 0.5) is 0 Å². The first-order chi connectivity index (χ1) is 9.62. The van der Waals surface area contributed by atoms with Gasteiger partial charge in [0.2, 0.25) is 0 Å². The van der Waals surface area contributed by atoms with Crippen molar-refractivity contribution in [3.05, 3.63) is 29.3 Å². The average Bonchev–Trinajstić information content (AvgIpc) is 2.43. The van der Waals surface area contributed by atoms with Gasteiger partial charge >= 0.3 is 5.97 Å². The number of nitrogens with zero attached hydrogens (tertiary/aromatic N) is 2. The average molecular weight is 272 g/mol. The number of carboxylic acids is 1. The van der Waals surface area contributed by atoms with Crippen molar-refractivity contribution in [2.45, 2.75) is 6.92 Å². The summed E-state index contributed by atoms with van der Waals surface area (Å²) in [5, 5.41) is 26.0. The first-order valence-electron chi connectivity index (χ1n) is 5.74. The smallest absolute Gasteiger partial charge is 0.346 e. The van der Waals surface area contributed by atoms with E-state index in [9.17, 15) is 4.79 Å². The Balaban J connectivity index is 3.13. The van der Waals surface area contributed by atoms with Crippen molar-refractivity contribution in [3.8, 4) is 23.6 Å². The molecule has 1 aromatic rings. The standard InChI is InChI=1S/C14H12N2O4/c1-2-19-13-8-10(7-11(9-16)14(17)18)3-4-12(13)20-6-5-15/h3-4,7-8H,2,6H2,1H3,(H,17,18)/b11-7+. The molecular weight excluding hydrogens is 260 g/mol. The van der Waals surface area contributed by atoms with Gasteiger partial charge in [-0.15, -0.1) is 0 Å². The van der Waals surface area contributed by atoms with E-state index in [0.717, 1.165) is 0 Å². The molecule has 0 saturated carbocycles. The minimum absolute atomic E-state index is 0.117. The van der Waals surface area contributed by atoms with Gasteiger partial charge in [-0.3, -0.25) is 0 Å². The van der Waals surface area contributed by atoms with Crippen molar-refractivity contribution in [2.24, 2.45) is 0 Å². The molecule has 0 aliphatic carbocycles. The molecule has 0 aliphatic rings. The Morgan fingerprint density at radius 3 is 2.65 bits per heavy atom. The number of carbonyl (C=O) groups is 1. The number of nitriles is 2. The van der Waals surface area contributed by atoms with E-state index in [0.29, 0.717) is 23.7 Å². The van der Waals surface area contributed by atoms with Crippen molar-refractivity contribution in [2.75, 3.05) is 13.2 Å². The third kappa shape index (κ3) is 4.04. The third-order valence-electron chi connectivity index (χ3n) is 2.22. The number of rotatable bonds is 6. The van der Waals surface area contributed by atoms with Gasteiger partial charge in [0, 0.05) is 0 Å². The van der Waals surface area contributed by atoms with Crippen LogP contribution in [0.25, 0.3) is 6.08 Å². The van der Waals surface area contributed by atoms with Gasteiger partial charge in [-0.2, -0.15) is 10.5 Å². The molecule has 0 fully saturated rings. The van der Waals surface area contributed by atoms with Crippen LogP contribution in [0.1, 0.15) is 12.5 Å². The number of hydrogen-bond donors (Lipinski definition) is 1. The second kappa shape index (κ2) is 7.45. The first kappa shape index (κ1) is 15.1. The van der Waals surface area contributed by atoms with E-state index in [1.807, 2.05) is 6.07 Å². The second-order valence-electron chi connectivity index (χ2n) is 3.56. The maximum atomic E-state index is 10.8. The minimum Gasteiger partial charge on any atom is -0.490 e. The molecule has 6 heteroatoms. The highest BCUT2D eigenvalue weighted by Crippen LogP contribution is 2.29. The van der Waals surface area contributed by atoms with Gasteiger partial charge in [0.05, 0.1) is 6.61 Å². The lowest BCUT2D eigenvalue weighted by molar-refractivity contribution is -0.132. The van der Waals surface area contributed by atoms with Crippen LogP contribution in [0.3, 0.4) is 0 Å². The highest BCUT2D eigenvalue weighted by Gasteiger charge is 2.09. The topological polar surface area (TPSA) is 103 Å². The Bertz CT molecular complexity index is 609. The second-order valence-corrected chi connectivity index (χ2v) is 3.56. The number of benzene rings is 1. The van der Waals surface area contributed by atoms with E-state index in [4.69, 9.17) is 25.1 Å². The molecule has 0 saturated heterocycles. The monoisotopic (exact) mass is 272 g/mol. The molecule has 0 unspecified atom stereocenters. The third-order valence-corrected chi connectivity index (χ3v) is 2.22. The number of hydrogen-bond acceptors (Lipinski definition) is 5. The van der Waals surface area contributed by atoms with Crippen LogP contribution in [0.2, 0.25) is 0 Å². The zero-order valence-electron chi connectivity index (χ0n) is 10.8. The van der Waals surface area contributed by atoms with Crippen molar-refractivity contribution >= 4 is 12.0 Å². The first-order valence-corrected chi connectivity index (χ1v) is 5.74. The molecule has 0 atom stereocenters. The molecule has 0 bridgehead atoms. The fourth-order valence-electron chi connectivity index (χ4n) is 1.42. The molecule has 0 amide bonds. The van der Waals surface area contributed by atoms with E-state index >= 15 is 0 Å². The molecule has 20 heavy (non-hydrogen) atoms. The Kier molecular flexibility index (Phi) is 5.61. The molecule has 6 nitrogen and oxygen atoms in total. The zero-order chi connectivity index (χ0) is 15.0. The van der Waals surface area contributed by atoms with Gasteiger partial charge in [0.15, 0.2) is 18.1 Å². The highest BCUT2D eigenvalue weighted by molar-refractivity contribution is 5.96. The Morgan fingerprint density at radius 1 is 1.35 bits per heavy atom. The molecule has 0 spiro atoms. The fraction of sp³-hybridized carbons (Fsp3) is 0.214. The van der Waals surface area contributed by atoms with Crippen molar-refractivity contribution in [1.29, 1.82) is 10.5 Å². The largest absolute Gasteiger partial charge is 0.490 e. The summed E-state index contributed by atoms with van der Waals surface area (Å²) in [5.41, 5.74) is 0.120. The maximum Gasteiger partial charge on any atom is 0.346 e. The lowest BCUT2D eigenvalue weighted by atomic mass is 10.1. The Labute approximate surface area is 116 Å². The number of ether oxygens (including phenoxy) is 2. The van der Waals surface area contributed by atoms with Crippen LogP contribution in [0, 0.1) is 22.7 Å². The molecule has 1 N–H and O–H groups in total. The quantitative estimate of drug-likeness (QED) is 0.627. The zero-order valence-corrected chi connectivity index (χ0v) is 10.8. The lowest BCUT2D eigenvalue weighted by Gasteiger charge is -2.10. The Hall–Kier alpha value is -2.99. The summed E-state index contributed by atoms with van der Waals surface area (Å²) >= 11 is 0. The summed E-state index contributed by atoms with van der Waals surface area (Å²) in [5.74, 6) is -0.520. The van der Waals surface area contributed by atoms with Crippen LogP contribution in [-0.4, -0.2) is 24.3 Å². The number of aliphatic carboxylic acids is 1. The Morgan fingerprint density at radius 2 is 2.10 bits per heavy atom. The van der Waals surface area contributed by atoms with Gasteiger partial charge < -0.3 is 14.6 Å². The van der Waals surface area contributed by atoms with Gasteiger partial charge in [0.1, 0.15) is 17.7 Å². The van der Waals surface area contributed by atoms with Crippen LogP contribution in [0.5, 0.6) is 11.5 Å². The molecule has 1 rings (SSSR count). The predicted octanol–water partition coefficient (Wildman–Crippen LogP) is 1.98. The summed E-state index contributed by atoms with van der Waals surface area (Å²) in [6.07, 6.45) is 1.24. The van der Waals surface area contributed by atoms with Gasteiger partial charge in [-0.05, 0) is 30.7 Å². The van der Waals surface area contributed by atoms with Gasteiger partial charge in [0.25, 0.3) is 0 Å². The van der Waals surface area contributed by atoms with Crippen LogP contribution in [-0.2, 0) is 4.79 Å². The molecule has 0 radical (unpaired) electrons. The molecule has 0 aromatic heterocycles. The minimum atomic E-state index is -1.30. The SMILES string of the molecule is CCOc1cc(/C=C(\C#N)C(=O)O)ccc1OCC#N. The van der Waals surface area contributed by atoms with E-state index in [2.05, 4.69) is 0 Å². The molecule has 102 valence electrons. The normalized spacial score (nSPS) is 10.2. The van der Waals surface area contributed by atoms with Crippen LogP contribution in [0.15, 0.2) is 23.8 Å². The van der Waals surface area contributed by atoms with Crippen molar-refractivity contribution < 1.29 is 19.4 Å². The predicted molar refractivity (Wildman–Crippen MR) is 69.9 cm³/mol. The van der Waals surface area contributed by atoms with Crippen molar-refractivity contribution in [3.63, 3.8) is 0 Å². The van der Waals surface area contributed by atoms with Crippen LogP contribution < -0.4 is 9.47 Å². The van der Waals surface area contributed by atoms with E-state index in [1.54, 1.807) is 31.2 Å². The summed E-state index contributed by atoms with van der Waals surface area (Å²) in [6.45, 7) is 2.06. The maximum absolute atomic E-state index is 10.8. The molecule has 1 aromatic carbocycles. The van der Waals surface area contributed by atoms with E-state index < -0.39 is 5.97 Å². The van der Waals surface area contributed by atoms with Gasteiger partial charge in [-0.1, -0.05) is 6.07 Å². The number of carboxylic acid groups (broad SMARTS) is 1. The fourth-order valence-corrected chi connectivity index (χ4v) is 1.42.